The zero-order chi connectivity index (χ0) is 34.4. The Bertz CT molecular complexity index is 1440. The maximum Gasteiger partial charge on any atom is 0.490 e. The van der Waals surface area contributed by atoms with Crippen molar-refractivity contribution in [2.24, 2.45) is 11.3 Å². The average Bonchev–Trinajstić information content (AvgIpc) is 3.70. The summed E-state index contributed by atoms with van der Waals surface area (Å²) in [6.45, 7) is 3.49. The van der Waals surface area contributed by atoms with Crippen LogP contribution >= 0.6 is 0 Å². The molecule has 2 N–H and O–H groups in total. The van der Waals surface area contributed by atoms with E-state index in [2.05, 4.69) is 81.5 Å². The number of pyridine rings is 1. The molecule has 1 saturated carbocycles. The Hall–Kier alpha value is -4.46. The number of alkyl halides is 6. The second-order valence-electron chi connectivity index (χ2n) is 11.7. The van der Waals surface area contributed by atoms with Crippen LogP contribution in [0.2, 0.25) is 0 Å². The van der Waals surface area contributed by atoms with Gasteiger partial charge in [0.1, 0.15) is 0 Å². The summed E-state index contributed by atoms with van der Waals surface area (Å²) in [5.41, 5.74) is 3.40. The highest BCUT2D eigenvalue weighted by molar-refractivity contribution is 5.87. The first-order chi connectivity index (χ1) is 22.1. The number of carbonyl (C=O) groups excluding carboxylic acids is 1. The number of halogens is 6. The molecule has 2 atom stereocenters. The third kappa shape index (κ3) is 8.88. The first kappa shape index (κ1) is 35.4. The number of nitrogens with zero attached hydrogens (tertiary/aromatic N) is 3. The molecule has 14 heteroatoms. The summed E-state index contributed by atoms with van der Waals surface area (Å²) < 4.78 is 63.5. The molecular weight excluding hydrogens is 632 g/mol. The van der Waals surface area contributed by atoms with Gasteiger partial charge in [0, 0.05) is 44.5 Å². The number of carboxylic acid groups (broad SMARTS) is 2. The molecule has 47 heavy (non-hydrogen) atoms. The van der Waals surface area contributed by atoms with Crippen molar-refractivity contribution in [1.29, 1.82) is 0 Å². The van der Waals surface area contributed by atoms with Crippen molar-refractivity contribution in [1.82, 2.24) is 14.8 Å². The van der Waals surface area contributed by atoms with Gasteiger partial charge in [-0.1, -0.05) is 66.7 Å². The molecule has 0 radical (unpaired) electrons. The van der Waals surface area contributed by atoms with Crippen LogP contribution in [-0.4, -0.2) is 81.4 Å². The van der Waals surface area contributed by atoms with Gasteiger partial charge in [0.05, 0.1) is 11.5 Å². The van der Waals surface area contributed by atoms with Crippen LogP contribution in [0.1, 0.15) is 47.9 Å². The lowest BCUT2D eigenvalue weighted by Gasteiger charge is -2.31. The molecule has 1 spiro atoms. The number of carbonyl (C=O) groups is 3. The highest BCUT2D eigenvalue weighted by Crippen LogP contribution is 2.53. The Balaban J connectivity index is 0.000000301. The van der Waals surface area contributed by atoms with Crippen LogP contribution in [0.15, 0.2) is 85.2 Å². The fraction of sp³-hybridized carbons (Fsp3) is 0.394. The molecule has 3 fully saturated rings. The summed E-state index contributed by atoms with van der Waals surface area (Å²) in [4.78, 5) is 40.9. The number of aromatic nitrogens is 1. The van der Waals surface area contributed by atoms with E-state index in [1.165, 1.54) is 29.5 Å². The molecule has 2 saturated heterocycles. The predicted molar refractivity (Wildman–Crippen MR) is 157 cm³/mol. The van der Waals surface area contributed by atoms with Crippen LogP contribution < -0.4 is 0 Å². The molecular formula is C33H33F6N3O5. The Morgan fingerprint density at radius 3 is 1.79 bits per heavy atom. The summed E-state index contributed by atoms with van der Waals surface area (Å²) in [6.07, 6.45) is -2.87. The van der Waals surface area contributed by atoms with Gasteiger partial charge >= 0.3 is 24.3 Å². The molecule has 1 amide bonds. The molecule has 3 aromatic rings. The molecule has 252 valence electrons. The fourth-order valence-corrected chi connectivity index (χ4v) is 6.15. The van der Waals surface area contributed by atoms with E-state index < -0.39 is 24.3 Å². The minimum absolute atomic E-state index is 0.135. The largest absolute Gasteiger partial charge is 0.490 e. The number of rotatable bonds is 6. The van der Waals surface area contributed by atoms with Crippen molar-refractivity contribution in [3.05, 3.63) is 102 Å². The minimum Gasteiger partial charge on any atom is -0.475 e. The van der Waals surface area contributed by atoms with E-state index >= 15 is 0 Å². The van der Waals surface area contributed by atoms with Crippen LogP contribution in [0, 0.1) is 11.3 Å². The van der Waals surface area contributed by atoms with Gasteiger partial charge in [0.25, 0.3) is 0 Å². The van der Waals surface area contributed by atoms with Gasteiger partial charge in [-0.3, -0.25) is 14.7 Å². The Morgan fingerprint density at radius 2 is 1.36 bits per heavy atom. The Kier molecular flexibility index (Phi) is 10.9. The van der Waals surface area contributed by atoms with E-state index in [1.54, 1.807) is 0 Å². The van der Waals surface area contributed by atoms with E-state index in [9.17, 15) is 31.1 Å². The van der Waals surface area contributed by atoms with Gasteiger partial charge in [0.15, 0.2) is 0 Å². The average molecular weight is 666 g/mol. The molecule has 8 nitrogen and oxygen atoms in total. The quantitative estimate of drug-likeness (QED) is 0.303. The van der Waals surface area contributed by atoms with Crippen molar-refractivity contribution in [2.75, 3.05) is 26.2 Å². The van der Waals surface area contributed by atoms with Crippen molar-refractivity contribution in [3.8, 4) is 0 Å². The van der Waals surface area contributed by atoms with Crippen LogP contribution in [0.5, 0.6) is 0 Å². The topological polar surface area (TPSA) is 111 Å². The maximum absolute atomic E-state index is 14.0. The van der Waals surface area contributed by atoms with E-state index in [4.69, 9.17) is 19.8 Å². The molecule has 0 bridgehead atoms. The number of hydrogen-bond acceptors (Lipinski definition) is 5. The van der Waals surface area contributed by atoms with Crippen LogP contribution in [0.4, 0.5) is 26.3 Å². The molecule has 1 aromatic heterocycles. The third-order valence-corrected chi connectivity index (χ3v) is 8.45. The summed E-state index contributed by atoms with van der Waals surface area (Å²) in [7, 11) is 0. The van der Waals surface area contributed by atoms with Crippen molar-refractivity contribution in [2.45, 2.75) is 43.6 Å². The van der Waals surface area contributed by atoms with E-state index in [-0.39, 0.29) is 17.4 Å². The number of likely N-dealkylation sites (tertiary alicyclic amines) is 2. The number of carboxylic acids is 2. The Labute approximate surface area is 266 Å². The standard InChI is InChI=1S/C29H31N3O.2C2HF3O2/c33-28-29(15-17-31(28)19-22-13-14-22)21-32(20-26(29)25-12-7-16-30-18-25)27(23-8-3-1-4-9-23)24-10-5-2-6-11-24;2*3-2(4,5)1(6)7/h1-12,16,18,22,26-27H,13-15,17,19-21H2;2*(H,6,7). The van der Waals surface area contributed by atoms with Crippen molar-refractivity contribution in [3.63, 3.8) is 0 Å². The summed E-state index contributed by atoms with van der Waals surface area (Å²) in [6, 6.07) is 25.8. The molecule has 1 aliphatic carbocycles. The van der Waals surface area contributed by atoms with Gasteiger partial charge in [-0.25, -0.2) is 9.59 Å². The zero-order valence-electron chi connectivity index (χ0n) is 25.0. The van der Waals surface area contributed by atoms with Crippen molar-refractivity contribution >= 4 is 17.8 Å². The summed E-state index contributed by atoms with van der Waals surface area (Å²) in [5, 5.41) is 14.2. The van der Waals surface area contributed by atoms with Gasteiger partial charge in [0.2, 0.25) is 5.91 Å². The van der Waals surface area contributed by atoms with Crippen molar-refractivity contribution < 1.29 is 50.9 Å². The highest BCUT2D eigenvalue weighted by Gasteiger charge is 2.58. The number of benzene rings is 2. The lowest BCUT2D eigenvalue weighted by molar-refractivity contribution is -0.193. The predicted octanol–water partition coefficient (Wildman–Crippen LogP) is 6.17. The smallest absolute Gasteiger partial charge is 0.475 e. The lowest BCUT2D eigenvalue weighted by Crippen LogP contribution is -2.40. The maximum atomic E-state index is 14.0. The monoisotopic (exact) mass is 665 g/mol. The zero-order valence-corrected chi connectivity index (χ0v) is 25.0. The number of amides is 1. The van der Waals surface area contributed by atoms with E-state index in [1.807, 2.05) is 18.5 Å². The molecule has 6 rings (SSSR count). The van der Waals surface area contributed by atoms with E-state index in [0.29, 0.717) is 5.91 Å². The van der Waals surface area contributed by atoms with Crippen LogP contribution in [-0.2, 0) is 14.4 Å². The fourth-order valence-electron chi connectivity index (χ4n) is 6.15. The highest BCUT2D eigenvalue weighted by atomic mass is 19.4. The van der Waals surface area contributed by atoms with Gasteiger partial charge in [-0.05, 0) is 47.9 Å². The van der Waals surface area contributed by atoms with E-state index in [0.717, 1.165) is 38.5 Å². The minimum atomic E-state index is -5.08. The number of hydrogen-bond donors (Lipinski definition) is 2. The molecule has 3 aliphatic rings. The molecule has 2 aliphatic heterocycles. The number of aliphatic carboxylic acids is 2. The van der Waals surface area contributed by atoms with Crippen LogP contribution in [0.25, 0.3) is 0 Å². The molecule has 2 aromatic carbocycles. The molecule has 3 heterocycles. The third-order valence-electron chi connectivity index (χ3n) is 8.45. The SMILES string of the molecule is O=C(O)C(F)(F)F.O=C(O)C(F)(F)F.O=C1N(CC2CC2)CCC12CN(C(c1ccccc1)c1ccccc1)CC2c1cccnc1. The summed E-state index contributed by atoms with van der Waals surface area (Å²) in [5.74, 6) is -4.26. The van der Waals surface area contributed by atoms with Crippen LogP contribution in [0.3, 0.4) is 0 Å². The Morgan fingerprint density at radius 1 is 0.851 bits per heavy atom. The normalized spacial score (nSPS) is 21.2. The first-order valence-corrected chi connectivity index (χ1v) is 14.8. The second-order valence-corrected chi connectivity index (χ2v) is 11.7. The lowest BCUT2D eigenvalue weighted by atomic mass is 9.73. The van der Waals surface area contributed by atoms with Gasteiger partial charge in [-0.2, -0.15) is 26.3 Å². The second kappa shape index (κ2) is 14.5. The van der Waals surface area contributed by atoms with Gasteiger partial charge < -0.3 is 15.1 Å². The molecule has 2 unspecified atom stereocenters. The van der Waals surface area contributed by atoms with Gasteiger partial charge in [-0.15, -0.1) is 0 Å². The first-order valence-electron chi connectivity index (χ1n) is 14.8. The summed E-state index contributed by atoms with van der Waals surface area (Å²) >= 11 is 0.